The third kappa shape index (κ3) is 5.33. The van der Waals surface area contributed by atoms with Gasteiger partial charge in [-0.15, -0.1) is 0 Å². The van der Waals surface area contributed by atoms with Crippen molar-refractivity contribution in [3.8, 4) is 0 Å². The summed E-state index contributed by atoms with van der Waals surface area (Å²) in [7, 11) is 2.18. The average molecular weight is 234 g/mol. The van der Waals surface area contributed by atoms with Crippen LogP contribution in [0.4, 0.5) is 0 Å². The molecule has 0 unspecified atom stereocenters. The summed E-state index contributed by atoms with van der Waals surface area (Å²) in [6.45, 7) is 10.9. The van der Waals surface area contributed by atoms with Crippen LogP contribution < -0.4 is 5.32 Å². The van der Waals surface area contributed by atoms with E-state index in [2.05, 4.69) is 56.2 Å². The highest BCUT2D eigenvalue weighted by Gasteiger charge is 2.01. The molecule has 0 bridgehead atoms. The van der Waals surface area contributed by atoms with Crippen LogP contribution in [-0.4, -0.2) is 31.6 Å². The normalized spacial score (nSPS) is 11.1. The lowest BCUT2D eigenvalue weighted by Crippen LogP contribution is -2.29. The summed E-state index contributed by atoms with van der Waals surface area (Å²) in [6.07, 6.45) is 1.21. The molecular weight excluding hydrogens is 208 g/mol. The molecule has 0 aromatic heterocycles. The van der Waals surface area contributed by atoms with Crippen LogP contribution in [-0.2, 0) is 6.54 Å². The Morgan fingerprint density at radius 1 is 1.12 bits per heavy atom. The van der Waals surface area contributed by atoms with Gasteiger partial charge in [-0.05, 0) is 50.6 Å². The first kappa shape index (κ1) is 14.2. The van der Waals surface area contributed by atoms with Crippen molar-refractivity contribution >= 4 is 0 Å². The molecule has 0 aliphatic rings. The number of hydrogen-bond donors (Lipinski definition) is 1. The van der Waals surface area contributed by atoms with Gasteiger partial charge in [0.2, 0.25) is 0 Å². The number of nitrogens with one attached hydrogen (secondary N) is 1. The summed E-state index contributed by atoms with van der Waals surface area (Å²) < 4.78 is 0. The summed E-state index contributed by atoms with van der Waals surface area (Å²) in [5.74, 6) is 0. The molecule has 1 aromatic carbocycles. The van der Waals surface area contributed by atoms with Crippen LogP contribution in [0.25, 0.3) is 0 Å². The van der Waals surface area contributed by atoms with Gasteiger partial charge < -0.3 is 10.2 Å². The van der Waals surface area contributed by atoms with Crippen LogP contribution in [0.5, 0.6) is 0 Å². The molecule has 0 aliphatic heterocycles. The van der Waals surface area contributed by atoms with Gasteiger partial charge in [0, 0.05) is 19.6 Å². The smallest absolute Gasteiger partial charge is 0.0231 e. The van der Waals surface area contributed by atoms with E-state index in [1.54, 1.807) is 0 Å². The van der Waals surface area contributed by atoms with E-state index < -0.39 is 0 Å². The van der Waals surface area contributed by atoms with Crippen LogP contribution >= 0.6 is 0 Å². The average Bonchev–Trinajstić information content (AvgIpc) is 2.30. The van der Waals surface area contributed by atoms with Crippen LogP contribution in [0.1, 0.15) is 30.0 Å². The summed E-state index contributed by atoms with van der Waals surface area (Å²) in [5.41, 5.74) is 4.17. The van der Waals surface area contributed by atoms with Crippen LogP contribution in [0.2, 0.25) is 0 Å². The van der Waals surface area contributed by atoms with Gasteiger partial charge in [0.1, 0.15) is 0 Å². The Bertz CT molecular complexity index is 334. The zero-order valence-electron chi connectivity index (χ0n) is 11.7. The van der Waals surface area contributed by atoms with Crippen molar-refractivity contribution in [1.29, 1.82) is 0 Å². The van der Waals surface area contributed by atoms with E-state index in [0.29, 0.717) is 0 Å². The molecular formula is C15H26N2. The lowest BCUT2D eigenvalue weighted by atomic mass is 10.1. The van der Waals surface area contributed by atoms with Crippen LogP contribution in [0, 0.1) is 13.8 Å². The van der Waals surface area contributed by atoms with Gasteiger partial charge in [-0.3, -0.25) is 0 Å². The Balaban J connectivity index is 2.34. The number of nitrogens with zero attached hydrogens (tertiary/aromatic N) is 1. The van der Waals surface area contributed by atoms with Gasteiger partial charge in [0.25, 0.3) is 0 Å². The van der Waals surface area contributed by atoms with Crippen molar-refractivity contribution in [2.24, 2.45) is 0 Å². The summed E-state index contributed by atoms with van der Waals surface area (Å²) in [5, 5.41) is 3.43. The van der Waals surface area contributed by atoms with E-state index in [1.165, 1.54) is 23.1 Å². The van der Waals surface area contributed by atoms with Crippen molar-refractivity contribution in [1.82, 2.24) is 10.2 Å². The standard InChI is InChI=1S/C15H26N2/c1-5-8-16-9-10-17(4)12-15-7-6-13(2)14(3)11-15/h6-7,11,16H,5,8-10,12H2,1-4H3. The van der Waals surface area contributed by atoms with E-state index in [4.69, 9.17) is 0 Å². The van der Waals surface area contributed by atoms with Gasteiger partial charge in [-0.2, -0.15) is 0 Å². The van der Waals surface area contributed by atoms with Gasteiger partial charge in [-0.25, -0.2) is 0 Å². The number of likely N-dealkylation sites (N-methyl/N-ethyl adjacent to an activating group) is 1. The Labute approximate surface area is 106 Å². The van der Waals surface area contributed by atoms with E-state index in [0.717, 1.165) is 26.2 Å². The molecule has 0 saturated heterocycles. The van der Waals surface area contributed by atoms with E-state index in [9.17, 15) is 0 Å². The number of hydrogen-bond acceptors (Lipinski definition) is 2. The first-order chi connectivity index (χ1) is 8.13. The van der Waals surface area contributed by atoms with Crippen molar-refractivity contribution in [3.05, 3.63) is 34.9 Å². The third-order valence-corrected chi connectivity index (χ3v) is 3.12. The van der Waals surface area contributed by atoms with E-state index in [-0.39, 0.29) is 0 Å². The van der Waals surface area contributed by atoms with Crippen molar-refractivity contribution in [2.45, 2.75) is 33.7 Å². The molecule has 2 heteroatoms. The van der Waals surface area contributed by atoms with Gasteiger partial charge in [0.15, 0.2) is 0 Å². The van der Waals surface area contributed by atoms with Gasteiger partial charge in [0.05, 0.1) is 0 Å². The second-order valence-corrected chi connectivity index (χ2v) is 4.91. The maximum atomic E-state index is 3.43. The molecule has 0 radical (unpaired) electrons. The van der Waals surface area contributed by atoms with Crippen molar-refractivity contribution in [2.75, 3.05) is 26.7 Å². The molecule has 1 N–H and O–H groups in total. The topological polar surface area (TPSA) is 15.3 Å². The zero-order valence-corrected chi connectivity index (χ0v) is 11.7. The molecule has 17 heavy (non-hydrogen) atoms. The monoisotopic (exact) mass is 234 g/mol. The maximum Gasteiger partial charge on any atom is 0.0231 e. The minimum absolute atomic E-state index is 1.04. The SMILES string of the molecule is CCCNCCN(C)Cc1ccc(C)c(C)c1. The predicted molar refractivity (Wildman–Crippen MR) is 75.4 cm³/mol. The lowest BCUT2D eigenvalue weighted by molar-refractivity contribution is 0.324. The number of benzene rings is 1. The fraction of sp³-hybridized carbons (Fsp3) is 0.600. The fourth-order valence-corrected chi connectivity index (χ4v) is 1.86. The number of rotatable bonds is 7. The highest BCUT2D eigenvalue weighted by Crippen LogP contribution is 2.11. The Morgan fingerprint density at radius 3 is 2.53 bits per heavy atom. The van der Waals surface area contributed by atoms with Crippen LogP contribution in [0.3, 0.4) is 0 Å². The van der Waals surface area contributed by atoms with Gasteiger partial charge in [-0.1, -0.05) is 25.1 Å². The molecule has 96 valence electrons. The molecule has 0 amide bonds. The minimum Gasteiger partial charge on any atom is -0.315 e. The quantitative estimate of drug-likeness (QED) is 0.730. The van der Waals surface area contributed by atoms with Crippen LogP contribution in [0.15, 0.2) is 18.2 Å². The molecule has 0 spiro atoms. The molecule has 0 saturated carbocycles. The van der Waals surface area contributed by atoms with Gasteiger partial charge >= 0.3 is 0 Å². The van der Waals surface area contributed by atoms with Crippen molar-refractivity contribution < 1.29 is 0 Å². The summed E-state index contributed by atoms with van der Waals surface area (Å²) in [4.78, 5) is 2.37. The molecule has 2 nitrogen and oxygen atoms in total. The Morgan fingerprint density at radius 2 is 1.88 bits per heavy atom. The zero-order chi connectivity index (χ0) is 12.7. The highest BCUT2D eigenvalue weighted by molar-refractivity contribution is 5.29. The molecule has 1 rings (SSSR count). The second kappa shape index (κ2) is 7.46. The minimum atomic E-state index is 1.04. The third-order valence-electron chi connectivity index (χ3n) is 3.12. The lowest BCUT2D eigenvalue weighted by Gasteiger charge is -2.17. The largest absolute Gasteiger partial charge is 0.315 e. The molecule has 0 fully saturated rings. The fourth-order valence-electron chi connectivity index (χ4n) is 1.86. The van der Waals surface area contributed by atoms with E-state index >= 15 is 0 Å². The van der Waals surface area contributed by atoms with E-state index in [1.807, 2.05) is 0 Å². The highest BCUT2D eigenvalue weighted by atomic mass is 15.1. The first-order valence-corrected chi connectivity index (χ1v) is 6.59. The second-order valence-electron chi connectivity index (χ2n) is 4.91. The first-order valence-electron chi connectivity index (χ1n) is 6.59. The maximum absolute atomic E-state index is 3.43. The summed E-state index contributed by atoms with van der Waals surface area (Å²) >= 11 is 0. The molecule has 0 heterocycles. The van der Waals surface area contributed by atoms with Crippen molar-refractivity contribution in [3.63, 3.8) is 0 Å². The molecule has 0 aliphatic carbocycles. The number of aryl methyl sites for hydroxylation is 2. The Kier molecular flexibility index (Phi) is 6.23. The summed E-state index contributed by atoms with van der Waals surface area (Å²) in [6, 6.07) is 6.75. The Hall–Kier alpha value is -0.860. The molecule has 1 aromatic rings. The predicted octanol–water partition coefficient (Wildman–Crippen LogP) is 2.73. The molecule has 0 atom stereocenters.